The predicted octanol–water partition coefficient (Wildman–Crippen LogP) is 3.08. The van der Waals surface area contributed by atoms with Crippen LogP contribution < -0.4 is 15.6 Å². The molecule has 6 heteroatoms. The van der Waals surface area contributed by atoms with E-state index in [0.717, 1.165) is 23.1 Å². The van der Waals surface area contributed by atoms with E-state index in [9.17, 15) is 9.59 Å². The third-order valence-corrected chi connectivity index (χ3v) is 5.17. The monoisotopic (exact) mass is 346 g/mol. The molecule has 1 heterocycles. The zero-order chi connectivity index (χ0) is 17.7. The Balaban J connectivity index is 1.84. The van der Waals surface area contributed by atoms with Gasteiger partial charge in [0.2, 0.25) is 0 Å². The van der Waals surface area contributed by atoms with E-state index in [1.807, 2.05) is 52.0 Å². The molecule has 0 saturated carbocycles. The second kappa shape index (κ2) is 7.97. The molecule has 5 nitrogen and oxygen atoms in total. The van der Waals surface area contributed by atoms with Crippen molar-refractivity contribution in [2.75, 3.05) is 6.61 Å². The van der Waals surface area contributed by atoms with Crippen LogP contribution >= 0.6 is 11.3 Å². The van der Waals surface area contributed by atoms with Gasteiger partial charge < -0.3 is 4.74 Å². The van der Waals surface area contributed by atoms with Crippen LogP contribution in [-0.2, 0) is 11.2 Å². The molecule has 0 aliphatic carbocycles. The summed E-state index contributed by atoms with van der Waals surface area (Å²) < 4.78 is 5.50. The lowest BCUT2D eigenvalue weighted by Gasteiger charge is -2.11. The van der Waals surface area contributed by atoms with Crippen molar-refractivity contribution in [3.63, 3.8) is 0 Å². The average molecular weight is 346 g/mol. The van der Waals surface area contributed by atoms with Gasteiger partial charge in [0, 0.05) is 4.88 Å². The second-order valence-corrected chi connectivity index (χ2v) is 6.70. The fraction of sp³-hybridized carbons (Fsp3) is 0.333. The Morgan fingerprint density at radius 2 is 1.88 bits per heavy atom. The van der Waals surface area contributed by atoms with E-state index in [-0.39, 0.29) is 12.5 Å². The topological polar surface area (TPSA) is 67.4 Å². The summed E-state index contributed by atoms with van der Waals surface area (Å²) in [5, 5.41) is 0. The van der Waals surface area contributed by atoms with E-state index in [4.69, 9.17) is 4.74 Å². The van der Waals surface area contributed by atoms with Crippen molar-refractivity contribution in [1.29, 1.82) is 0 Å². The molecular formula is C18H22N2O3S. The van der Waals surface area contributed by atoms with Crippen molar-refractivity contribution < 1.29 is 14.3 Å². The summed E-state index contributed by atoms with van der Waals surface area (Å²) >= 11 is 1.44. The van der Waals surface area contributed by atoms with Crippen molar-refractivity contribution >= 4 is 23.2 Å². The summed E-state index contributed by atoms with van der Waals surface area (Å²) in [5.74, 6) is -0.0610. The van der Waals surface area contributed by atoms with E-state index in [1.165, 1.54) is 16.2 Å². The van der Waals surface area contributed by atoms with Gasteiger partial charge in [0.15, 0.2) is 6.61 Å². The summed E-state index contributed by atoms with van der Waals surface area (Å²) in [6.45, 7) is 7.79. The third kappa shape index (κ3) is 4.35. The molecule has 0 radical (unpaired) electrons. The van der Waals surface area contributed by atoms with Crippen LogP contribution in [0.15, 0.2) is 24.3 Å². The lowest BCUT2D eigenvalue weighted by Crippen LogP contribution is -2.43. The van der Waals surface area contributed by atoms with E-state index in [0.29, 0.717) is 10.6 Å². The van der Waals surface area contributed by atoms with Gasteiger partial charge in [-0.2, -0.15) is 0 Å². The Bertz CT molecular complexity index is 753. The molecular weight excluding hydrogens is 324 g/mol. The highest BCUT2D eigenvalue weighted by molar-refractivity contribution is 7.14. The fourth-order valence-electron chi connectivity index (χ4n) is 2.23. The van der Waals surface area contributed by atoms with Gasteiger partial charge in [0.05, 0.1) is 4.88 Å². The summed E-state index contributed by atoms with van der Waals surface area (Å²) in [4.78, 5) is 25.6. The summed E-state index contributed by atoms with van der Waals surface area (Å²) in [7, 11) is 0. The largest absolute Gasteiger partial charge is 0.483 e. The third-order valence-electron chi connectivity index (χ3n) is 3.79. The van der Waals surface area contributed by atoms with Crippen LogP contribution in [0.5, 0.6) is 5.75 Å². The van der Waals surface area contributed by atoms with Crippen LogP contribution in [0.3, 0.4) is 0 Å². The normalized spacial score (nSPS) is 10.3. The van der Waals surface area contributed by atoms with Crippen LogP contribution in [0.25, 0.3) is 0 Å². The van der Waals surface area contributed by atoms with Gasteiger partial charge in [-0.05, 0) is 56.0 Å². The standard InChI is InChI=1S/C18H22N2O3S/c1-5-15-12(3)9-16(24-15)18(22)20-19-17(21)10-23-14-8-6-7-11(2)13(14)4/h6-9H,5,10H2,1-4H3,(H,19,21)(H,20,22). The van der Waals surface area contributed by atoms with E-state index in [2.05, 4.69) is 10.9 Å². The maximum atomic E-state index is 12.0. The number of carbonyl (C=O) groups is 2. The molecule has 24 heavy (non-hydrogen) atoms. The highest BCUT2D eigenvalue weighted by Gasteiger charge is 2.13. The van der Waals surface area contributed by atoms with Crippen molar-refractivity contribution in [3.8, 4) is 5.75 Å². The number of rotatable bonds is 5. The number of aryl methyl sites for hydroxylation is 3. The quantitative estimate of drug-likeness (QED) is 0.818. The number of hydrogen-bond donors (Lipinski definition) is 2. The SMILES string of the molecule is CCc1sc(C(=O)NNC(=O)COc2cccc(C)c2C)cc1C. The molecule has 2 rings (SSSR count). The van der Waals surface area contributed by atoms with Gasteiger partial charge >= 0.3 is 0 Å². The molecule has 2 amide bonds. The van der Waals surface area contributed by atoms with Gasteiger partial charge in [0.25, 0.3) is 11.8 Å². The molecule has 1 aromatic carbocycles. The minimum absolute atomic E-state index is 0.158. The first kappa shape index (κ1) is 18.0. The van der Waals surface area contributed by atoms with E-state index in [1.54, 1.807) is 0 Å². The van der Waals surface area contributed by atoms with Crippen molar-refractivity contribution in [3.05, 3.63) is 50.7 Å². The molecule has 0 aliphatic rings. The van der Waals surface area contributed by atoms with Crippen molar-refractivity contribution in [2.24, 2.45) is 0 Å². The summed E-state index contributed by atoms with van der Waals surface area (Å²) in [6, 6.07) is 7.50. The van der Waals surface area contributed by atoms with Crippen LogP contribution in [0.2, 0.25) is 0 Å². The number of nitrogens with one attached hydrogen (secondary N) is 2. The molecule has 0 saturated heterocycles. The Labute approximate surface area is 146 Å². The first-order valence-electron chi connectivity index (χ1n) is 7.79. The minimum atomic E-state index is -0.409. The highest BCUT2D eigenvalue weighted by Crippen LogP contribution is 2.22. The summed E-state index contributed by atoms with van der Waals surface area (Å²) in [6.07, 6.45) is 0.889. The smallest absolute Gasteiger partial charge is 0.279 e. The Kier molecular flexibility index (Phi) is 5.98. The second-order valence-electron chi connectivity index (χ2n) is 5.56. The fourth-order valence-corrected chi connectivity index (χ4v) is 3.24. The van der Waals surface area contributed by atoms with Crippen LogP contribution in [0.4, 0.5) is 0 Å². The Hall–Kier alpha value is -2.34. The number of hydrazine groups is 1. The maximum Gasteiger partial charge on any atom is 0.279 e. The number of carbonyl (C=O) groups excluding carboxylic acids is 2. The average Bonchev–Trinajstić information content (AvgIpc) is 2.95. The van der Waals surface area contributed by atoms with Gasteiger partial charge in [-0.3, -0.25) is 20.4 Å². The van der Waals surface area contributed by atoms with Gasteiger partial charge in [-0.25, -0.2) is 0 Å². The molecule has 2 aromatic rings. The lowest BCUT2D eigenvalue weighted by atomic mass is 10.1. The maximum absolute atomic E-state index is 12.0. The number of hydrogen-bond acceptors (Lipinski definition) is 4. The first-order chi connectivity index (χ1) is 11.4. The van der Waals surface area contributed by atoms with Crippen LogP contribution in [0, 0.1) is 20.8 Å². The van der Waals surface area contributed by atoms with Crippen LogP contribution in [-0.4, -0.2) is 18.4 Å². The van der Waals surface area contributed by atoms with Gasteiger partial charge in [-0.15, -0.1) is 11.3 Å². The van der Waals surface area contributed by atoms with E-state index >= 15 is 0 Å². The molecule has 2 N–H and O–H groups in total. The molecule has 0 fully saturated rings. The number of amides is 2. The molecule has 1 aromatic heterocycles. The Morgan fingerprint density at radius 3 is 2.54 bits per heavy atom. The summed E-state index contributed by atoms with van der Waals surface area (Å²) in [5.41, 5.74) is 7.98. The molecule has 0 aliphatic heterocycles. The first-order valence-corrected chi connectivity index (χ1v) is 8.61. The van der Waals surface area contributed by atoms with Crippen molar-refractivity contribution in [1.82, 2.24) is 10.9 Å². The predicted molar refractivity (Wildman–Crippen MR) is 95.5 cm³/mol. The molecule has 0 unspecified atom stereocenters. The highest BCUT2D eigenvalue weighted by atomic mass is 32.1. The lowest BCUT2D eigenvalue weighted by molar-refractivity contribution is -0.123. The minimum Gasteiger partial charge on any atom is -0.483 e. The number of thiophene rings is 1. The van der Waals surface area contributed by atoms with Crippen molar-refractivity contribution in [2.45, 2.75) is 34.1 Å². The van der Waals surface area contributed by atoms with Gasteiger partial charge in [0.1, 0.15) is 5.75 Å². The molecule has 0 bridgehead atoms. The molecule has 0 atom stereocenters. The van der Waals surface area contributed by atoms with Gasteiger partial charge in [-0.1, -0.05) is 19.1 Å². The van der Waals surface area contributed by atoms with Crippen LogP contribution in [0.1, 0.15) is 38.2 Å². The number of benzene rings is 1. The molecule has 0 spiro atoms. The zero-order valence-corrected chi connectivity index (χ0v) is 15.2. The Morgan fingerprint density at radius 1 is 1.12 bits per heavy atom. The molecule has 128 valence electrons. The number of ether oxygens (including phenoxy) is 1. The van der Waals surface area contributed by atoms with E-state index < -0.39 is 5.91 Å². The zero-order valence-electron chi connectivity index (χ0n) is 14.4.